The van der Waals surface area contributed by atoms with Crippen molar-refractivity contribution in [2.24, 2.45) is 5.92 Å². The third kappa shape index (κ3) is 5.90. The van der Waals surface area contributed by atoms with Crippen LogP contribution in [0.4, 0.5) is 5.82 Å². The summed E-state index contributed by atoms with van der Waals surface area (Å²) in [6, 6.07) is 9.40. The van der Waals surface area contributed by atoms with Crippen LogP contribution >= 0.6 is 0 Å². The van der Waals surface area contributed by atoms with E-state index in [2.05, 4.69) is 55.0 Å². The number of carbonyl (C=O) groups is 2. The molecule has 2 saturated heterocycles. The minimum absolute atomic E-state index is 0.250. The van der Waals surface area contributed by atoms with Crippen LogP contribution < -0.4 is 4.90 Å². The van der Waals surface area contributed by atoms with Gasteiger partial charge in [0.05, 0.1) is 24.8 Å². The van der Waals surface area contributed by atoms with Crippen LogP contribution in [0, 0.1) is 12.8 Å². The SMILES string of the molecule is CCc1ccc2nc(N3C[C@@H]4COC[C@H](C3)N(C)C4)cc(C)c2c1.O=CO.O=CO. The van der Waals surface area contributed by atoms with E-state index in [1.165, 1.54) is 16.5 Å². The second-order valence-corrected chi connectivity index (χ2v) is 7.62. The maximum atomic E-state index is 8.36. The van der Waals surface area contributed by atoms with Crippen molar-refractivity contribution in [3.63, 3.8) is 0 Å². The zero-order valence-electron chi connectivity index (χ0n) is 17.8. The van der Waals surface area contributed by atoms with E-state index < -0.39 is 0 Å². The number of aromatic nitrogens is 1. The highest BCUT2D eigenvalue weighted by atomic mass is 16.5. The van der Waals surface area contributed by atoms with Crippen molar-refractivity contribution >= 4 is 29.7 Å². The summed E-state index contributed by atoms with van der Waals surface area (Å²) in [5.41, 5.74) is 3.81. The molecule has 164 valence electrons. The first kappa shape index (κ1) is 23.6. The number of nitrogens with zero attached hydrogens (tertiary/aromatic N) is 3. The quantitative estimate of drug-likeness (QED) is 0.718. The Morgan fingerprint density at radius 2 is 1.83 bits per heavy atom. The van der Waals surface area contributed by atoms with Gasteiger partial charge in [-0.2, -0.15) is 0 Å². The lowest BCUT2D eigenvalue weighted by atomic mass is 10.0. The summed E-state index contributed by atoms with van der Waals surface area (Å²) in [6.07, 6.45) is 1.07. The predicted molar refractivity (Wildman–Crippen MR) is 116 cm³/mol. The highest BCUT2D eigenvalue weighted by Gasteiger charge is 2.32. The van der Waals surface area contributed by atoms with E-state index >= 15 is 0 Å². The summed E-state index contributed by atoms with van der Waals surface area (Å²) in [5, 5.41) is 15.1. The average Bonchev–Trinajstić information content (AvgIpc) is 2.97. The fourth-order valence-corrected chi connectivity index (χ4v) is 4.04. The van der Waals surface area contributed by atoms with E-state index in [4.69, 9.17) is 29.5 Å². The van der Waals surface area contributed by atoms with Gasteiger partial charge >= 0.3 is 0 Å². The first-order chi connectivity index (χ1) is 14.5. The molecule has 2 aromatic rings. The number of aryl methyl sites for hydroxylation is 2. The lowest BCUT2D eigenvalue weighted by Crippen LogP contribution is -2.42. The van der Waals surface area contributed by atoms with Crippen molar-refractivity contribution in [1.82, 2.24) is 9.88 Å². The fourth-order valence-electron chi connectivity index (χ4n) is 4.04. The van der Waals surface area contributed by atoms with Crippen LogP contribution in [0.5, 0.6) is 0 Å². The minimum atomic E-state index is -0.250. The van der Waals surface area contributed by atoms with Crippen LogP contribution in [-0.4, -0.2) is 79.0 Å². The first-order valence-electron chi connectivity index (χ1n) is 10.1. The topological polar surface area (TPSA) is 103 Å². The molecule has 2 aliphatic rings. The monoisotopic (exact) mass is 417 g/mol. The van der Waals surface area contributed by atoms with Gasteiger partial charge in [-0.05, 0) is 49.7 Å². The summed E-state index contributed by atoms with van der Waals surface area (Å²) in [4.78, 5) is 26.6. The molecule has 0 unspecified atom stereocenters. The molecule has 0 radical (unpaired) electrons. The molecule has 30 heavy (non-hydrogen) atoms. The third-order valence-corrected chi connectivity index (χ3v) is 5.54. The Morgan fingerprint density at radius 1 is 1.13 bits per heavy atom. The molecule has 3 heterocycles. The molecule has 8 heteroatoms. The Hall–Kier alpha value is -2.71. The molecule has 0 aliphatic carbocycles. The number of hydrogen-bond acceptors (Lipinski definition) is 6. The molecule has 8 nitrogen and oxygen atoms in total. The van der Waals surface area contributed by atoms with Gasteiger partial charge in [-0.15, -0.1) is 0 Å². The van der Waals surface area contributed by atoms with E-state index in [0.717, 1.165) is 50.6 Å². The van der Waals surface area contributed by atoms with Gasteiger partial charge in [-0.3, -0.25) is 14.5 Å². The highest BCUT2D eigenvalue weighted by Crippen LogP contribution is 2.27. The van der Waals surface area contributed by atoms with Crippen molar-refractivity contribution in [3.8, 4) is 0 Å². The van der Waals surface area contributed by atoms with Crippen molar-refractivity contribution < 1.29 is 24.5 Å². The Morgan fingerprint density at radius 3 is 2.50 bits per heavy atom. The average molecular weight is 418 g/mol. The van der Waals surface area contributed by atoms with Gasteiger partial charge in [-0.1, -0.05) is 13.0 Å². The summed E-state index contributed by atoms with van der Waals surface area (Å²) in [6.45, 7) is 8.75. The number of anilines is 1. The molecule has 0 amide bonds. The van der Waals surface area contributed by atoms with E-state index in [1.807, 2.05) is 0 Å². The van der Waals surface area contributed by atoms with Crippen molar-refractivity contribution in [3.05, 3.63) is 35.4 Å². The number of benzene rings is 1. The molecule has 0 saturated carbocycles. The Balaban J connectivity index is 0.000000480. The van der Waals surface area contributed by atoms with Crippen LogP contribution in [0.3, 0.4) is 0 Å². The molecule has 2 atom stereocenters. The van der Waals surface area contributed by atoms with E-state index in [-0.39, 0.29) is 12.9 Å². The maximum Gasteiger partial charge on any atom is 0.290 e. The molecule has 1 aromatic heterocycles. The number of likely N-dealkylation sites (N-methyl/N-ethyl adjacent to an activating group) is 1. The number of ether oxygens (including phenoxy) is 1. The van der Waals surface area contributed by atoms with Gasteiger partial charge in [0.1, 0.15) is 5.82 Å². The smallest absolute Gasteiger partial charge is 0.290 e. The van der Waals surface area contributed by atoms with Gasteiger partial charge in [0.25, 0.3) is 12.9 Å². The van der Waals surface area contributed by atoms with E-state index in [0.29, 0.717) is 12.0 Å². The molecule has 2 aliphatic heterocycles. The van der Waals surface area contributed by atoms with E-state index in [1.54, 1.807) is 0 Å². The first-order valence-corrected chi connectivity index (χ1v) is 10.1. The lowest BCUT2D eigenvalue weighted by Gasteiger charge is -2.31. The Kier molecular flexibility index (Phi) is 9.01. The number of fused-ring (bicyclic) bond motifs is 4. The normalized spacial score (nSPS) is 20.8. The second-order valence-electron chi connectivity index (χ2n) is 7.62. The Labute approximate surface area is 177 Å². The van der Waals surface area contributed by atoms with E-state index in [9.17, 15) is 0 Å². The van der Waals surface area contributed by atoms with Gasteiger partial charge in [-0.25, -0.2) is 4.98 Å². The molecular formula is C22H31N3O5. The molecule has 2 N–H and O–H groups in total. The number of rotatable bonds is 2. The summed E-state index contributed by atoms with van der Waals surface area (Å²) in [7, 11) is 2.22. The van der Waals surface area contributed by atoms with Crippen molar-refractivity contribution in [1.29, 1.82) is 0 Å². The molecule has 1 aromatic carbocycles. The van der Waals surface area contributed by atoms with Gasteiger partial charge in [0, 0.05) is 30.9 Å². The standard InChI is InChI=1S/C20H27N3O.2CH2O2/c1-4-15-5-6-19-18(8-15)14(2)7-20(21-19)23-10-16-9-22(3)17(11-23)13-24-12-16;2*2-1-3/h5-8,16-17H,4,9-13H2,1-3H3;2*1H,(H,2,3)/t16-,17+;;/m1../s1. The predicted octanol–water partition coefficient (Wildman–Crippen LogP) is 2.27. The molecule has 0 spiro atoms. The van der Waals surface area contributed by atoms with Crippen LogP contribution in [0.25, 0.3) is 10.9 Å². The lowest BCUT2D eigenvalue weighted by molar-refractivity contribution is -0.123. The Bertz CT molecular complexity index is 839. The highest BCUT2D eigenvalue weighted by molar-refractivity contribution is 5.84. The van der Waals surface area contributed by atoms with Gasteiger partial charge in [0.2, 0.25) is 0 Å². The van der Waals surface area contributed by atoms with Crippen LogP contribution in [-0.2, 0) is 20.7 Å². The van der Waals surface area contributed by atoms with Crippen LogP contribution in [0.1, 0.15) is 18.1 Å². The summed E-state index contributed by atoms with van der Waals surface area (Å²) in [5.74, 6) is 1.68. The summed E-state index contributed by atoms with van der Waals surface area (Å²) < 4.78 is 5.85. The van der Waals surface area contributed by atoms with Crippen molar-refractivity contribution in [2.75, 3.05) is 44.8 Å². The summed E-state index contributed by atoms with van der Waals surface area (Å²) >= 11 is 0. The molecule has 2 fully saturated rings. The largest absolute Gasteiger partial charge is 0.483 e. The zero-order valence-corrected chi connectivity index (χ0v) is 17.8. The van der Waals surface area contributed by atoms with Crippen LogP contribution in [0.2, 0.25) is 0 Å². The maximum absolute atomic E-state index is 8.36. The van der Waals surface area contributed by atoms with Gasteiger partial charge in [0.15, 0.2) is 0 Å². The van der Waals surface area contributed by atoms with Crippen molar-refractivity contribution in [2.45, 2.75) is 26.3 Å². The number of hydrogen-bond donors (Lipinski definition) is 2. The minimum Gasteiger partial charge on any atom is -0.483 e. The molecule has 4 rings (SSSR count). The third-order valence-electron chi connectivity index (χ3n) is 5.54. The number of pyridine rings is 1. The van der Waals surface area contributed by atoms with Gasteiger partial charge < -0.3 is 19.8 Å². The molecular weight excluding hydrogens is 386 g/mol. The molecule has 2 bridgehead atoms. The van der Waals surface area contributed by atoms with Crippen LogP contribution in [0.15, 0.2) is 24.3 Å². The zero-order chi connectivity index (χ0) is 22.1. The second kappa shape index (κ2) is 11.5. The number of carboxylic acid groups (broad SMARTS) is 2. The fraction of sp³-hybridized carbons (Fsp3) is 0.500.